The Bertz CT molecular complexity index is 862. The lowest BCUT2D eigenvalue weighted by molar-refractivity contribution is -0.125. The highest BCUT2D eigenvalue weighted by molar-refractivity contribution is 5.99. The Labute approximate surface area is 169 Å². The fourth-order valence-corrected chi connectivity index (χ4v) is 3.65. The molecule has 0 aromatic heterocycles. The van der Waals surface area contributed by atoms with E-state index in [1.807, 2.05) is 18.2 Å². The summed E-state index contributed by atoms with van der Waals surface area (Å²) < 4.78 is 13.1. The van der Waals surface area contributed by atoms with Gasteiger partial charge in [-0.15, -0.1) is 0 Å². The third kappa shape index (κ3) is 4.99. The van der Waals surface area contributed by atoms with Crippen LogP contribution in [0.4, 0.5) is 4.39 Å². The summed E-state index contributed by atoms with van der Waals surface area (Å²) in [5.41, 5.74) is 4.29. The minimum atomic E-state index is -0.607. The normalized spacial score (nSPS) is 18.3. The Morgan fingerprint density at radius 1 is 1.14 bits per heavy atom. The van der Waals surface area contributed by atoms with Gasteiger partial charge in [-0.05, 0) is 36.2 Å². The number of amidine groups is 1. The second-order valence-corrected chi connectivity index (χ2v) is 7.48. The van der Waals surface area contributed by atoms with Gasteiger partial charge in [0.25, 0.3) is 0 Å². The fourth-order valence-electron chi connectivity index (χ4n) is 3.65. The summed E-state index contributed by atoms with van der Waals surface area (Å²) >= 11 is 0. The molecule has 2 heterocycles. The van der Waals surface area contributed by atoms with Gasteiger partial charge in [0.1, 0.15) is 5.82 Å². The van der Waals surface area contributed by atoms with Gasteiger partial charge < -0.3 is 5.32 Å². The molecule has 2 aromatic rings. The number of amides is 1. The molecule has 1 saturated heterocycles. The van der Waals surface area contributed by atoms with E-state index in [0.717, 1.165) is 25.1 Å². The van der Waals surface area contributed by atoms with Gasteiger partial charge in [-0.1, -0.05) is 30.3 Å². The number of piperidine rings is 1. The van der Waals surface area contributed by atoms with E-state index in [1.165, 1.54) is 17.7 Å². The zero-order valence-corrected chi connectivity index (χ0v) is 16.2. The third-order valence-electron chi connectivity index (χ3n) is 5.35. The molecule has 0 atom stereocenters. The summed E-state index contributed by atoms with van der Waals surface area (Å²) in [6.45, 7) is 2.48. The Balaban J connectivity index is 1.23. The van der Waals surface area contributed by atoms with E-state index in [2.05, 4.69) is 27.8 Å². The maximum Gasteiger partial charge on any atom is 0.234 e. The number of aliphatic imine (C=N–C) groups is 1. The molecule has 4 rings (SSSR count). The lowest BCUT2D eigenvalue weighted by Gasteiger charge is -2.35. The number of halogens is 1. The molecule has 7 heteroatoms. The first-order chi connectivity index (χ1) is 14.1. The average Bonchev–Trinajstić information content (AvgIpc) is 3.15. The van der Waals surface area contributed by atoms with Crippen LogP contribution in [0.1, 0.15) is 24.0 Å². The number of nitrogens with zero attached hydrogens (tertiary/aromatic N) is 2. The van der Waals surface area contributed by atoms with Crippen molar-refractivity contribution >= 4 is 11.7 Å². The molecular formula is C22H25FN4O2. The molecule has 29 heavy (non-hydrogen) atoms. The predicted molar refractivity (Wildman–Crippen MR) is 109 cm³/mol. The minimum Gasteiger partial charge on any atom is -0.355 e. The summed E-state index contributed by atoms with van der Waals surface area (Å²) in [6, 6.07) is 16.3. The van der Waals surface area contributed by atoms with Crippen LogP contribution in [0.2, 0.25) is 0 Å². The number of rotatable bonds is 6. The summed E-state index contributed by atoms with van der Waals surface area (Å²) in [4.78, 5) is 24.8. The summed E-state index contributed by atoms with van der Waals surface area (Å²) in [6.07, 6.45) is 2.22. The van der Waals surface area contributed by atoms with E-state index < -0.39 is 5.72 Å². The van der Waals surface area contributed by atoms with Crippen molar-refractivity contribution in [2.75, 3.05) is 26.2 Å². The van der Waals surface area contributed by atoms with Crippen LogP contribution >= 0.6 is 0 Å². The minimum absolute atomic E-state index is 0.0397. The van der Waals surface area contributed by atoms with Crippen molar-refractivity contribution in [3.63, 3.8) is 0 Å². The van der Waals surface area contributed by atoms with Crippen molar-refractivity contribution in [3.05, 3.63) is 71.5 Å². The fraction of sp³-hybridized carbons (Fsp3) is 0.364. The van der Waals surface area contributed by atoms with Crippen molar-refractivity contribution in [3.8, 4) is 0 Å². The van der Waals surface area contributed by atoms with Crippen LogP contribution in [0.15, 0.2) is 59.6 Å². The van der Waals surface area contributed by atoms with Gasteiger partial charge in [0.05, 0.1) is 6.54 Å². The average molecular weight is 396 g/mol. The number of hydrogen-bond acceptors (Lipinski definition) is 5. The number of nitrogens with one attached hydrogen (secondary N) is 2. The molecular weight excluding hydrogens is 371 g/mol. The summed E-state index contributed by atoms with van der Waals surface area (Å²) in [5, 5.41) is 2.99. The molecule has 2 N–H and O–H groups in total. The predicted octanol–water partition coefficient (Wildman–Crippen LogP) is 2.26. The molecule has 0 saturated carbocycles. The summed E-state index contributed by atoms with van der Waals surface area (Å²) in [5.74, 6) is 0.383. The second kappa shape index (κ2) is 8.71. The summed E-state index contributed by atoms with van der Waals surface area (Å²) in [7, 11) is 0. The number of carbonyl (C=O) groups excluding carboxylic acids is 1. The third-order valence-corrected chi connectivity index (χ3v) is 5.35. The van der Waals surface area contributed by atoms with Crippen LogP contribution in [0.5, 0.6) is 0 Å². The van der Waals surface area contributed by atoms with E-state index in [-0.39, 0.29) is 11.7 Å². The first kappa shape index (κ1) is 19.5. The molecule has 2 aromatic carbocycles. The highest BCUT2D eigenvalue weighted by atomic mass is 19.1. The SMILES string of the molecule is O=C(CN1CCC2(CC1)N=C(c1ccc(F)cc1)NO2)NCCc1ccccc1. The molecule has 1 fully saturated rings. The van der Waals surface area contributed by atoms with Crippen LogP contribution in [0, 0.1) is 5.82 Å². The number of hydrogen-bond donors (Lipinski definition) is 2. The zero-order valence-electron chi connectivity index (χ0n) is 16.2. The molecule has 0 bridgehead atoms. The lowest BCUT2D eigenvalue weighted by atomic mass is 10.0. The lowest BCUT2D eigenvalue weighted by Crippen LogP contribution is -2.47. The van der Waals surface area contributed by atoms with Gasteiger partial charge in [0, 0.05) is 38.0 Å². The van der Waals surface area contributed by atoms with Crippen molar-refractivity contribution in [1.82, 2.24) is 15.7 Å². The standard InChI is InChI=1S/C22H25FN4O2/c23-19-8-6-18(7-9-19)21-25-22(29-26-21)11-14-27(15-12-22)16-20(28)24-13-10-17-4-2-1-3-5-17/h1-9H,10-16H2,(H,24,28)(H,25,26). The van der Waals surface area contributed by atoms with Gasteiger partial charge >= 0.3 is 0 Å². The maximum absolute atomic E-state index is 13.1. The molecule has 6 nitrogen and oxygen atoms in total. The smallest absolute Gasteiger partial charge is 0.234 e. The molecule has 1 amide bonds. The Hall–Kier alpha value is -2.77. The van der Waals surface area contributed by atoms with Gasteiger partial charge in [0.15, 0.2) is 11.6 Å². The number of benzene rings is 2. The molecule has 1 spiro atoms. The molecule has 0 unspecified atom stereocenters. The van der Waals surface area contributed by atoms with Crippen LogP contribution in [-0.4, -0.2) is 48.5 Å². The monoisotopic (exact) mass is 396 g/mol. The highest BCUT2D eigenvalue weighted by Gasteiger charge is 2.40. The Morgan fingerprint density at radius 2 is 1.86 bits per heavy atom. The topological polar surface area (TPSA) is 66.0 Å². The van der Waals surface area contributed by atoms with Crippen LogP contribution in [-0.2, 0) is 16.1 Å². The van der Waals surface area contributed by atoms with Crippen molar-refractivity contribution in [1.29, 1.82) is 0 Å². The number of likely N-dealkylation sites (tertiary alicyclic amines) is 1. The van der Waals surface area contributed by atoms with Crippen LogP contribution < -0.4 is 10.8 Å². The molecule has 0 aliphatic carbocycles. The van der Waals surface area contributed by atoms with Crippen molar-refractivity contribution < 1.29 is 14.0 Å². The molecule has 152 valence electrons. The second-order valence-electron chi connectivity index (χ2n) is 7.48. The van der Waals surface area contributed by atoms with Crippen LogP contribution in [0.3, 0.4) is 0 Å². The van der Waals surface area contributed by atoms with Gasteiger partial charge in [-0.3, -0.25) is 9.69 Å². The van der Waals surface area contributed by atoms with E-state index in [4.69, 9.17) is 9.83 Å². The highest BCUT2D eigenvalue weighted by Crippen LogP contribution is 2.31. The first-order valence-corrected chi connectivity index (χ1v) is 9.95. The van der Waals surface area contributed by atoms with Gasteiger partial charge in [0.2, 0.25) is 5.91 Å². The van der Waals surface area contributed by atoms with Gasteiger partial charge in [-0.2, -0.15) is 0 Å². The van der Waals surface area contributed by atoms with E-state index >= 15 is 0 Å². The number of carbonyl (C=O) groups is 1. The van der Waals surface area contributed by atoms with E-state index in [9.17, 15) is 9.18 Å². The van der Waals surface area contributed by atoms with E-state index in [1.54, 1.807) is 12.1 Å². The van der Waals surface area contributed by atoms with Crippen molar-refractivity contribution in [2.45, 2.75) is 25.0 Å². The van der Waals surface area contributed by atoms with E-state index in [0.29, 0.717) is 31.8 Å². The molecule has 0 radical (unpaired) electrons. The maximum atomic E-state index is 13.1. The first-order valence-electron chi connectivity index (χ1n) is 9.95. The zero-order chi connectivity index (χ0) is 20.1. The Kier molecular flexibility index (Phi) is 5.87. The number of hydroxylamine groups is 1. The van der Waals surface area contributed by atoms with Crippen molar-refractivity contribution in [2.24, 2.45) is 4.99 Å². The largest absolute Gasteiger partial charge is 0.355 e. The Morgan fingerprint density at radius 3 is 2.59 bits per heavy atom. The van der Waals surface area contributed by atoms with Gasteiger partial charge in [-0.25, -0.2) is 19.7 Å². The molecule has 2 aliphatic rings. The molecule has 2 aliphatic heterocycles. The van der Waals surface area contributed by atoms with Crippen LogP contribution in [0.25, 0.3) is 0 Å². The quantitative estimate of drug-likeness (QED) is 0.786.